The average Bonchev–Trinajstić information content (AvgIpc) is 2.87. The van der Waals surface area contributed by atoms with Crippen LogP contribution in [0.25, 0.3) is 11.1 Å². The topological polar surface area (TPSA) is 102 Å². The maximum atomic E-state index is 12.5. The first-order valence-electron chi connectivity index (χ1n) is 6.34. The van der Waals surface area contributed by atoms with Crippen LogP contribution < -0.4 is 5.73 Å². The Morgan fingerprint density at radius 2 is 2.20 bits per heavy atom. The lowest BCUT2D eigenvalue weighted by atomic mass is 10.2. The molecule has 2 heterocycles. The van der Waals surface area contributed by atoms with Crippen LogP contribution in [-0.4, -0.2) is 42.5 Å². The van der Waals surface area contributed by atoms with Gasteiger partial charge < -0.3 is 10.3 Å². The van der Waals surface area contributed by atoms with Gasteiger partial charge >= 0.3 is 0 Å². The second-order valence-electron chi connectivity index (χ2n) is 4.61. The second kappa shape index (κ2) is 5.47. The molecular formula is C12H18N4O3S. The summed E-state index contributed by atoms with van der Waals surface area (Å²) < 4.78 is 31.2. The van der Waals surface area contributed by atoms with Crippen molar-refractivity contribution < 1.29 is 12.9 Å². The number of nitrogens with zero attached hydrogens (tertiary/aromatic N) is 3. The van der Waals surface area contributed by atoms with E-state index in [1.165, 1.54) is 17.5 Å². The zero-order valence-electron chi connectivity index (χ0n) is 11.7. The molecule has 0 radical (unpaired) electrons. The molecule has 7 nitrogen and oxygen atoms in total. The molecule has 110 valence electrons. The Hall–Kier alpha value is -1.51. The fourth-order valence-corrected chi connectivity index (χ4v) is 3.15. The molecule has 0 spiro atoms. The standard InChI is InChI=1S/C12H18N4O3S/c1-4-11-10-5-9(7-14-12(10)19-15-11)20(17,18)16(3)8(2)6-13/h5,7-8H,4,6,13H2,1-3H3/t8-/m1/s1. The van der Waals surface area contributed by atoms with Crippen LogP contribution in [0.4, 0.5) is 0 Å². The minimum Gasteiger partial charge on any atom is -0.336 e. The summed E-state index contributed by atoms with van der Waals surface area (Å²) in [6.07, 6.45) is 1.93. The number of hydrogen-bond acceptors (Lipinski definition) is 6. The summed E-state index contributed by atoms with van der Waals surface area (Å²) in [5.74, 6) is 0. The molecule has 0 aliphatic carbocycles. The van der Waals surface area contributed by atoms with Crippen molar-refractivity contribution in [3.63, 3.8) is 0 Å². The van der Waals surface area contributed by atoms with Gasteiger partial charge in [-0.3, -0.25) is 0 Å². The molecule has 0 bridgehead atoms. The van der Waals surface area contributed by atoms with E-state index in [0.29, 0.717) is 23.2 Å². The summed E-state index contributed by atoms with van der Waals surface area (Å²) in [5, 5.41) is 4.49. The molecule has 0 fully saturated rings. The summed E-state index contributed by atoms with van der Waals surface area (Å²) in [6, 6.07) is 1.26. The van der Waals surface area contributed by atoms with Crippen molar-refractivity contribution in [1.82, 2.24) is 14.4 Å². The number of nitrogens with two attached hydrogens (primary N) is 1. The van der Waals surface area contributed by atoms with Crippen molar-refractivity contribution in [1.29, 1.82) is 0 Å². The van der Waals surface area contributed by atoms with Gasteiger partial charge in [-0.1, -0.05) is 12.1 Å². The van der Waals surface area contributed by atoms with Gasteiger partial charge in [0.15, 0.2) is 0 Å². The Kier molecular flexibility index (Phi) is 4.07. The number of likely N-dealkylation sites (N-methyl/N-ethyl adjacent to an activating group) is 1. The van der Waals surface area contributed by atoms with Crippen LogP contribution in [0.2, 0.25) is 0 Å². The van der Waals surface area contributed by atoms with Crippen LogP contribution in [0.15, 0.2) is 21.7 Å². The highest BCUT2D eigenvalue weighted by molar-refractivity contribution is 7.89. The van der Waals surface area contributed by atoms with Crippen molar-refractivity contribution >= 4 is 21.1 Å². The minimum atomic E-state index is -3.62. The van der Waals surface area contributed by atoms with Crippen molar-refractivity contribution in [2.24, 2.45) is 5.73 Å². The first-order valence-corrected chi connectivity index (χ1v) is 7.78. The van der Waals surface area contributed by atoms with Crippen molar-refractivity contribution in [3.05, 3.63) is 18.0 Å². The van der Waals surface area contributed by atoms with Gasteiger partial charge in [0.25, 0.3) is 5.71 Å². The molecule has 8 heteroatoms. The first kappa shape index (κ1) is 14.9. The van der Waals surface area contributed by atoms with Gasteiger partial charge in [-0.15, -0.1) is 0 Å². The van der Waals surface area contributed by atoms with Crippen molar-refractivity contribution in [2.45, 2.75) is 31.2 Å². The lowest BCUT2D eigenvalue weighted by Crippen LogP contribution is -2.39. The molecule has 0 aromatic carbocycles. The van der Waals surface area contributed by atoms with Crippen LogP contribution in [0.1, 0.15) is 19.5 Å². The number of sulfonamides is 1. The molecule has 2 aromatic heterocycles. The summed E-state index contributed by atoms with van der Waals surface area (Å²) in [6.45, 7) is 3.92. The molecule has 0 saturated heterocycles. The highest BCUT2D eigenvalue weighted by Crippen LogP contribution is 2.23. The fraction of sp³-hybridized carbons (Fsp3) is 0.500. The quantitative estimate of drug-likeness (QED) is 0.874. The fourth-order valence-electron chi connectivity index (χ4n) is 1.81. The predicted molar refractivity (Wildman–Crippen MR) is 74.6 cm³/mol. The Bertz CT molecular complexity index is 711. The normalized spacial score (nSPS) is 14.1. The number of rotatable bonds is 5. The smallest absolute Gasteiger partial charge is 0.258 e. The predicted octanol–water partition coefficient (Wildman–Crippen LogP) is 0.753. The molecule has 0 aliphatic heterocycles. The summed E-state index contributed by atoms with van der Waals surface area (Å²) >= 11 is 0. The Morgan fingerprint density at radius 1 is 1.50 bits per heavy atom. The third-order valence-corrected chi connectivity index (χ3v) is 5.29. The highest BCUT2D eigenvalue weighted by atomic mass is 32.2. The molecule has 0 amide bonds. The van der Waals surface area contributed by atoms with E-state index in [1.54, 1.807) is 13.0 Å². The molecule has 2 N–H and O–H groups in total. The van der Waals surface area contributed by atoms with E-state index in [9.17, 15) is 8.42 Å². The van der Waals surface area contributed by atoms with Gasteiger partial charge in [0.2, 0.25) is 10.0 Å². The minimum absolute atomic E-state index is 0.116. The number of pyridine rings is 1. The molecule has 0 saturated carbocycles. The Balaban J connectivity index is 2.51. The van der Waals surface area contributed by atoms with Crippen LogP contribution in [0.3, 0.4) is 0 Å². The van der Waals surface area contributed by atoms with Crippen molar-refractivity contribution in [3.8, 4) is 0 Å². The van der Waals surface area contributed by atoms with E-state index >= 15 is 0 Å². The Labute approximate surface area is 117 Å². The number of fused-ring (bicyclic) bond motifs is 1. The van der Waals surface area contributed by atoms with E-state index in [-0.39, 0.29) is 17.5 Å². The molecular weight excluding hydrogens is 280 g/mol. The van der Waals surface area contributed by atoms with Gasteiger partial charge in [-0.2, -0.15) is 4.31 Å². The third-order valence-electron chi connectivity index (χ3n) is 3.35. The molecule has 2 rings (SSSR count). The average molecular weight is 298 g/mol. The largest absolute Gasteiger partial charge is 0.336 e. The highest BCUT2D eigenvalue weighted by Gasteiger charge is 2.26. The van der Waals surface area contributed by atoms with Crippen LogP contribution in [0, 0.1) is 0 Å². The maximum absolute atomic E-state index is 12.5. The number of hydrogen-bond donors (Lipinski definition) is 1. The van der Waals surface area contributed by atoms with E-state index in [0.717, 1.165) is 0 Å². The van der Waals surface area contributed by atoms with Crippen molar-refractivity contribution in [2.75, 3.05) is 13.6 Å². The Morgan fingerprint density at radius 3 is 2.80 bits per heavy atom. The molecule has 20 heavy (non-hydrogen) atoms. The lowest BCUT2D eigenvalue weighted by Gasteiger charge is -2.22. The first-order chi connectivity index (χ1) is 9.41. The number of aromatic nitrogens is 2. The summed E-state index contributed by atoms with van der Waals surface area (Å²) in [4.78, 5) is 4.13. The van der Waals surface area contributed by atoms with Gasteiger partial charge in [0, 0.05) is 19.6 Å². The van der Waals surface area contributed by atoms with Gasteiger partial charge in [0.05, 0.1) is 17.3 Å². The third kappa shape index (κ3) is 2.41. The SMILES string of the molecule is CCc1noc2ncc(S(=O)(=O)N(C)[C@H](C)CN)cc12. The monoisotopic (exact) mass is 298 g/mol. The van der Waals surface area contributed by atoms with Crippen LogP contribution in [0.5, 0.6) is 0 Å². The van der Waals surface area contributed by atoms with E-state index in [1.807, 2.05) is 6.92 Å². The van der Waals surface area contributed by atoms with E-state index in [2.05, 4.69) is 10.1 Å². The molecule has 2 aromatic rings. The van der Waals surface area contributed by atoms with Crippen LogP contribution >= 0.6 is 0 Å². The molecule has 0 unspecified atom stereocenters. The molecule has 1 atom stereocenters. The molecule has 0 aliphatic rings. The van der Waals surface area contributed by atoms with E-state index in [4.69, 9.17) is 10.3 Å². The van der Waals surface area contributed by atoms with Gasteiger partial charge in [0.1, 0.15) is 4.90 Å². The van der Waals surface area contributed by atoms with Crippen LogP contribution in [-0.2, 0) is 16.4 Å². The lowest BCUT2D eigenvalue weighted by molar-refractivity contribution is 0.394. The zero-order valence-corrected chi connectivity index (χ0v) is 12.5. The van der Waals surface area contributed by atoms with Gasteiger partial charge in [-0.25, -0.2) is 13.4 Å². The van der Waals surface area contributed by atoms with E-state index < -0.39 is 10.0 Å². The van der Waals surface area contributed by atoms with Gasteiger partial charge in [-0.05, 0) is 19.4 Å². The summed E-state index contributed by atoms with van der Waals surface area (Å²) in [5.41, 5.74) is 6.56. The second-order valence-corrected chi connectivity index (χ2v) is 6.61. The zero-order chi connectivity index (χ0) is 14.9. The summed E-state index contributed by atoms with van der Waals surface area (Å²) in [7, 11) is -2.12. The maximum Gasteiger partial charge on any atom is 0.258 e. The number of aryl methyl sites for hydroxylation is 1.